The quantitative estimate of drug-likeness (QED) is 0.128. The second kappa shape index (κ2) is 15.9. The topological polar surface area (TPSA) is 28.7 Å². The van der Waals surface area contributed by atoms with Crippen molar-refractivity contribution in [1.29, 1.82) is 0 Å². The summed E-state index contributed by atoms with van der Waals surface area (Å²) in [6.45, 7) is 6.92. The second-order valence-corrected chi connectivity index (χ2v) is 10.2. The zero-order chi connectivity index (χ0) is 26.3. The third-order valence-corrected chi connectivity index (χ3v) is 7.14. The van der Waals surface area contributed by atoms with Gasteiger partial charge < -0.3 is 4.98 Å². The first-order chi connectivity index (χ1) is 18.1. The summed E-state index contributed by atoms with van der Waals surface area (Å²) in [6, 6.07) is 25.0. The van der Waals surface area contributed by atoms with Crippen LogP contribution in [0.1, 0.15) is 50.6 Å². The molecule has 1 N–H and O–H groups in total. The first kappa shape index (κ1) is 28.5. The van der Waals surface area contributed by atoms with Crippen LogP contribution in [-0.4, -0.2) is 22.4 Å². The van der Waals surface area contributed by atoms with E-state index < -0.39 is 0 Å². The normalized spacial score (nSPS) is 10.8. The van der Waals surface area contributed by atoms with Gasteiger partial charge >= 0.3 is 0 Å². The van der Waals surface area contributed by atoms with Crippen LogP contribution in [0, 0.1) is 5.82 Å². The van der Waals surface area contributed by atoms with Gasteiger partial charge in [0, 0.05) is 23.7 Å². The third kappa shape index (κ3) is 9.40. The number of hydrogen-bond donors (Lipinski definition) is 1. The number of aromatic amines is 1. The average molecular weight is 513 g/mol. The lowest BCUT2D eigenvalue weighted by molar-refractivity contribution is 0.623. The highest BCUT2D eigenvalue weighted by atomic mass is 32.2. The van der Waals surface area contributed by atoms with E-state index in [1.807, 2.05) is 24.8 Å². The number of H-pyrrole nitrogens is 1. The Morgan fingerprint density at radius 1 is 0.919 bits per heavy atom. The SMILES string of the molecule is CCC=CCCB(c1ccccc1)c1ccccc1SCC.CCc1cc(F)cc(Cc2ncc[nH]2)c1. The van der Waals surface area contributed by atoms with Crippen molar-refractivity contribution in [3.05, 3.63) is 120 Å². The van der Waals surface area contributed by atoms with Gasteiger partial charge in [0.1, 0.15) is 11.6 Å². The van der Waals surface area contributed by atoms with Crippen molar-refractivity contribution in [2.24, 2.45) is 0 Å². The van der Waals surface area contributed by atoms with Gasteiger partial charge in [0.25, 0.3) is 0 Å². The highest BCUT2D eigenvalue weighted by Gasteiger charge is 2.20. The van der Waals surface area contributed by atoms with Gasteiger partial charge in [0.05, 0.1) is 0 Å². The molecule has 1 heterocycles. The molecule has 0 saturated heterocycles. The minimum Gasteiger partial charge on any atom is -0.348 e. The highest BCUT2D eigenvalue weighted by Crippen LogP contribution is 2.17. The Labute approximate surface area is 226 Å². The van der Waals surface area contributed by atoms with Gasteiger partial charge in [-0.05, 0) is 54.3 Å². The molecule has 1 aromatic heterocycles. The monoisotopic (exact) mass is 512 g/mol. The lowest BCUT2D eigenvalue weighted by Gasteiger charge is -2.17. The lowest BCUT2D eigenvalue weighted by Crippen LogP contribution is -2.42. The van der Waals surface area contributed by atoms with E-state index in [1.165, 1.54) is 22.1 Å². The predicted octanol–water partition coefficient (Wildman–Crippen LogP) is 7.47. The van der Waals surface area contributed by atoms with Gasteiger partial charge in [-0.3, -0.25) is 0 Å². The molecule has 0 atom stereocenters. The Morgan fingerprint density at radius 2 is 1.68 bits per heavy atom. The largest absolute Gasteiger partial charge is 0.348 e. The van der Waals surface area contributed by atoms with Gasteiger partial charge in [-0.15, -0.1) is 11.8 Å². The molecule has 37 heavy (non-hydrogen) atoms. The predicted molar refractivity (Wildman–Crippen MR) is 160 cm³/mol. The van der Waals surface area contributed by atoms with E-state index >= 15 is 0 Å². The third-order valence-electron chi connectivity index (χ3n) is 6.17. The number of benzene rings is 3. The molecule has 0 aliphatic rings. The summed E-state index contributed by atoms with van der Waals surface area (Å²) in [6.07, 6.45) is 13.0. The first-order valence-electron chi connectivity index (χ1n) is 13.3. The Balaban J connectivity index is 0.000000220. The zero-order valence-corrected chi connectivity index (χ0v) is 23.1. The molecule has 0 unspecified atom stereocenters. The molecule has 0 aliphatic heterocycles. The van der Waals surface area contributed by atoms with Crippen molar-refractivity contribution in [1.82, 2.24) is 9.97 Å². The van der Waals surface area contributed by atoms with Crippen molar-refractivity contribution in [3.8, 4) is 0 Å². The minimum absolute atomic E-state index is 0.170. The smallest absolute Gasteiger partial charge is 0.211 e. The maximum atomic E-state index is 13.2. The van der Waals surface area contributed by atoms with E-state index in [-0.39, 0.29) is 5.82 Å². The van der Waals surface area contributed by atoms with E-state index in [0.29, 0.717) is 13.1 Å². The molecular formula is C32H38BFN2S. The summed E-state index contributed by atoms with van der Waals surface area (Å²) in [5.74, 6) is 1.81. The molecule has 0 radical (unpaired) electrons. The number of rotatable bonds is 11. The molecular weight excluding hydrogens is 474 g/mol. The van der Waals surface area contributed by atoms with Crippen LogP contribution in [-0.2, 0) is 12.8 Å². The van der Waals surface area contributed by atoms with Crippen LogP contribution in [0.15, 0.2) is 102 Å². The first-order valence-corrected chi connectivity index (χ1v) is 14.3. The van der Waals surface area contributed by atoms with Gasteiger partial charge in [-0.2, -0.15) is 0 Å². The molecule has 4 aromatic rings. The van der Waals surface area contributed by atoms with Crippen molar-refractivity contribution < 1.29 is 4.39 Å². The van der Waals surface area contributed by atoms with Crippen molar-refractivity contribution in [3.63, 3.8) is 0 Å². The molecule has 0 amide bonds. The fraction of sp³-hybridized carbons (Fsp3) is 0.281. The summed E-state index contributed by atoms with van der Waals surface area (Å²) in [5, 5.41) is 0. The molecule has 0 saturated carbocycles. The number of aryl methyl sites for hydroxylation is 1. The van der Waals surface area contributed by atoms with Crippen LogP contribution < -0.4 is 10.9 Å². The van der Waals surface area contributed by atoms with Crippen LogP contribution in [0.3, 0.4) is 0 Å². The Kier molecular flexibility index (Phi) is 12.3. The molecule has 192 valence electrons. The van der Waals surface area contributed by atoms with Crippen molar-refractivity contribution in [2.45, 2.75) is 57.7 Å². The zero-order valence-electron chi connectivity index (χ0n) is 22.3. The van der Waals surface area contributed by atoms with Crippen LogP contribution in [0.25, 0.3) is 0 Å². The molecule has 4 rings (SSSR count). The van der Waals surface area contributed by atoms with Gasteiger partial charge in [0.2, 0.25) is 6.71 Å². The summed E-state index contributed by atoms with van der Waals surface area (Å²) in [5.41, 5.74) is 4.89. The number of aromatic nitrogens is 2. The van der Waals surface area contributed by atoms with Crippen molar-refractivity contribution in [2.75, 3.05) is 5.75 Å². The lowest BCUT2D eigenvalue weighted by atomic mass is 9.38. The molecule has 0 bridgehead atoms. The fourth-order valence-corrected chi connectivity index (χ4v) is 5.26. The fourth-order valence-electron chi connectivity index (χ4n) is 4.40. The van der Waals surface area contributed by atoms with Gasteiger partial charge in [-0.1, -0.05) is 105 Å². The summed E-state index contributed by atoms with van der Waals surface area (Å²) >= 11 is 1.95. The van der Waals surface area contributed by atoms with Crippen LogP contribution in [0.2, 0.25) is 6.32 Å². The minimum atomic E-state index is -0.170. The number of nitrogens with zero attached hydrogens (tertiary/aromatic N) is 1. The maximum absolute atomic E-state index is 13.2. The Hall–Kier alpha value is -3.05. The molecule has 2 nitrogen and oxygen atoms in total. The Bertz CT molecular complexity index is 1210. The maximum Gasteiger partial charge on any atom is 0.211 e. The highest BCUT2D eigenvalue weighted by molar-refractivity contribution is 7.99. The molecule has 3 aromatic carbocycles. The molecule has 0 aliphatic carbocycles. The summed E-state index contributed by atoms with van der Waals surface area (Å²) < 4.78 is 13.2. The second-order valence-electron chi connectivity index (χ2n) is 8.93. The van der Waals surface area contributed by atoms with Gasteiger partial charge in [-0.25, -0.2) is 9.37 Å². The van der Waals surface area contributed by atoms with Crippen LogP contribution >= 0.6 is 11.8 Å². The van der Waals surface area contributed by atoms with Gasteiger partial charge in [0.15, 0.2) is 0 Å². The number of thioether (sulfide) groups is 1. The van der Waals surface area contributed by atoms with Crippen LogP contribution in [0.5, 0.6) is 0 Å². The number of nitrogens with one attached hydrogen (secondary N) is 1. The Morgan fingerprint density at radius 3 is 2.38 bits per heavy atom. The number of hydrogen-bond acceptors (Lipinski definition) is 2. The number of halogens is 1. The molecule has 0 fully saturated rings. The number of allylic oxidation sites excluding steroid dienone is 2. The van der Waals surface area contributed by atoms with Crippen molar-refractivity contribution >= 4 is 29.4 Å². The molecule has 5 heteroatoms. The average Bonchev–Trinajstić information content (AvgIpc) is 3.43. The standard InChI is InChI=1S/C20H25BS.C12H13FN2/c1-3-5-6-12-17-21(18-13-8-7-9-14-18)19-15-10-11-16-20(19)22-4-2;1-2-9-5-10(7-11(13)6-9)8-12-14-3-4-15-12/h5-11,13-16H,3-4,12,17H2,1-2H3;3-7H,2,8H2,1H3,(H,14,15). The molecule has 0 spiro atoms. The summed E-state index contributed by atoms with van der Waals surface area (Å²) in [7, 11) is 0. The van der Waals surface area contributed by atoms with E-state index in [1.54, 1.807) is 24.5 Å². The van der Waals surface area contributed by atoms with E-state index in [4.69, 9.17) is 0 Å². The van der Waals surface area contributed by atoms with E-state index in [0.717, 1.165) is 42.0 Å². The van der Waals surface area contributed by atoms with Crippen LogP contribution in [0.4, 0.5) is 4.39 Å². The van der Waals surface area contributed by atoms with E-state index in [9.17, 15) is 4.39 Å². The van der Waals surface area contributed by atoms with E-state index in [2.05, 4.69) is 90.6 Å². The summed E-state index contributed by atoms with van der Waals surface area (Å²) in [4.78, 5) is 8.56. The number of imidazole rings is 1.